The summed E-state index contributed by atoms with van der Waals surface area (Å²) in [6.45, 7) is 3.32. The van der Waals surface area contributed by atoms with Crippen molar-refractivity contribution >= 4 is 34.5 Å². The summed E-state index contributed by atoms with van der Waals surface area (Å²) in [7, 11) is 0. The van der Waals surface area contributed by atoms with Crippen LogP contribution in [0.1, 0.15) is 18.5 Å². The average Bonchev–Trinajstić information content (AvgIpc) is 2.83. The molecule has 1 aromatic carbocycles. The van der Waals surface area contributed by atoms with E-state index in [0.717, 1.165) is 23.6 Å². The van der Waals surface area contributed by atoms with E-state index >= 15 is 0 Å². The Kier molecular flexibility index (Phi) is 4.60. The summed E-state index contributed by atoms with van der Waals surface area (Å²) >= 11 is 13.7. The molecule has 1 aliphatic rings. The van der Waals surface area contributed by atoms with Crippen LogP contribution in [0.25, 0.3) is 0 Å². The third kappa shape index (κ3) is 3.14. The van der Waals surface area contributed by atoms with Gasteiger partial charge in [0.1, 0.15) is 6.61 Å². The highest BCUT2D eigenvalue weighted by atomic mass is 35.5. The predicted octanol–water partition coefficient (Wildman–Crippen LogP) is 4.55. The molecule has 2 heterocycles. The Morgan fingerprint density at radius 3 is 2.76 bits per heavy atom. The Balaban J connectivity index is 1.87. The quantitative estimate of drug-likeness (QED) is 0.883. The molecular formula is C15H15Cl2NO2S. The van der Waals surface area contributed by atoms with Crippen LogP contribution in [0.3, 0.4) is 0 Å². The van der Waals surface area contributed by atoms with Gasteiger partial charge in [-0.3, -0.25) is 0 Å². The fraction of sp³-hybridized carbons (Fsp3) is 0.333. The molecule has 0 saturated heterocycles. The molecule has 0 amide bonds. The van der Waals surface area contributed by atoms with Crippen molar-refractivity contribution in [3.05, 3.63) is 44.6 Å². The highest BCUT2D eigenvalue weighted by Crippen LogP contribution is 2.39. The van der Waals surface area contributed by atoms with E-state index in [1.807, 2.05) is 37.3 Å². The topological polar surface area (TPSA) is 30.5 Å². The minimum atomic E-state index is -0.150. The molecule has 3 rings (SSSR count). The Morgan fingerprint density at radius 1 is 1.33 bits per heavy atom. The van der Waals surface area contributed by atoms with Crippen LogP contribution in [0.4, 0.5) is 0 Å². The van der Waals surface area contributed by atoms with E-state index in [2.05, 4.69) is 5.32 Å². The molecule has 0 aliphatic carbocycles. The van der Waals surface area contributed by atoms with Gasteiger partial charge in [0.25, 0.3) is 0 Å². The van der Waals surface area contributed by atoms with Crippen molar-refractivity contribution < 1.29 is 9.47 Å². The van der Waals surface area contributed by atoms with E-state index in [9.17, 15) is 0 Å². The number of halogens is 2. The van der Waals surface area contributed by atoms with E-state index in [-0.39, 0.29) is 12.1 Å². The van der Waals surface area contributed by atoms with Crippen LogP contribution in [0.5, 0.6) is 11.5 Å². The molecule has 1 aliphatic heterocycles. The van der Waals surface area contributed by atoms with E-state index in [4.69, 9.17) is 32.7 Å². The van der Waals surface area contributed by atoms with Gasteiger partial charge >= 0.3 is 0 Å². The van der Waals surface area contributed by atoms with E-state index in [1.165, 1.54) is 11.3 Å². The Labute approximate surface area is 137 Å². The Bertz CT molecular complexity index is 632. The van der Waals surface area contributed by atoms with Crippen molar-refractivity contribution in [3.8, 4) is 11.5 Å². The van der Waals surface area contributed by atoms with Crippen molar-refractivity contribution in [3.63, 3.8) is 0 Å². The summed E-state index contributed by atoms with van der Waals surface area (Å²) in [6.07, 6.45) is -0.150. The largest absolute Gasteiger partial charge is 0.486 e. The number of fused-ring (bicyclic) bond motifs is 1. The molecule has 2 unspecified atom stereocenters. The van der Waals surface area contributed by atoms with Crippen molar-refractivity contribution in [2.45, 2.75) is 19.1 Å². The van der Waals surface area contributed by atoms with Gasteiger partial charge in [0.2, 0.25) is 0 Å². The molecule has 112 valence electrons. The summed E-state index contributed by atoms with van der Waals surface area (Å²) in [6, 6.07) is 9.52. The van der Waals surface area contributed by atoms with Gasteiger partial charge in [-0.2, -0.15) is 0 Å². The third-order valence-corrected chi connectivity index (χ3v) is 4.86. The van der Waals surface area contributed by atoms with Gasteiger partial charge < -0.3 is 14.8 Å². The fourth-order valence-corrected chi connectivity index (χ4v) is 3.98. The van der Waals surface area contributed by atoms with Gasteiger partial charge in [-0.25, -0.2) is 0 Å². The standard InChI is InChI=1S/C15H15Cl2NO2S/c1-2-18-14(9-7-13(16)21-15(9)17)12-8-19-10-5-3-4-6-11(10)20-12/h3-7,12,14,18H,2,8H2,1H3. The minimum absolute atomic E-state index is 0.0559. The van der Waals surface area contributed by atoms with Crippen LogP contribution in [0.15, 0.2) is 30.3 Å². The average molecular weight is 344 g/mol. The SMILES string of the molecule is CCNC(c1cc(Cl)sc1Cl)C1COc2ccccc2O1. The molecule has 21 heavy (non-hydrogen) atoms. The zero-order chi connectivity index (χ0) is 14.8. The first-order chi connectivity index (χ1) is 10.2. The molecule has 3 nitrogen and oxygen atoms in total. The first kappa shape index (κ1) is 15.0. The second-order valence-electron chi connectivity index (χ2n) is 4.73. The first-order valence-corrected chi connectivity index (χ1v) is 8.33. The van der Waals surface area contributed by atoms with Crippen molar-refractivity contribution in [2.75, 3.05) is 13.2 Å². The molecule has 0 saturated carbocycles. The maximum absolute atomic E-state index is 6.29. The molecule has 2 aromatic rings. The number of rotatable bonds is 4. The molecule has 0 spiro atoms. The molecule has 0 radical (unpaired) electrons. The van der Waals surface area contributed by atoms with Crippen molar-refractivity contribution in [1.29, 1.82) is 0 Å². The fourth-order valence-electron chi connectivity index (χ4n) is 2.43. The lowest BCUT2D eigenvalue weighted by molar-refractivity contribution is 0.0623. The molecule has 0 fully saturated rings. The summed E-state index contributed by atoms with van der Waals surface area (Å²) in [5, 5.41) is 3.41. The number of para-hydroxylation sites is 2. The summed E-state index contributed by atoms with van der Waals surface area (Å²) in [5.41, 5.74) is 0.960. The van der Waals surface area contributed by atoms with Gasteiger partial charge in [-0.05, 0) is 24.7 Å². The number of hydrogen-bond acceptors (Lipinski definition) is 4. The molecule has 1 aromatic heterocycles. The van der Waals surface area contributed by atoms with Crippen molar-refractivity contribution in [2.24, 2.45) is 0 Å². The summed E-state index contributed by atoms with van der Waals surface area (Å²) in [5.74, 6) is 1.53. The van der Waals surface area contributed by atoms with Crippen LogP contribution in [-0.2, 0) is 0 Å². The van der Waals surface area contributed by atoms with Crippen molar-refractivity contribution in [1.82, 2.24) is 5.32 Å². The number of thiophene rings is 1. The molecule has 2 atom stereocenters. The summed E-state index contributed by atoms with van der Waals surface area (Å²) in [4.78, 5) is 0. The molecular weight excluding hydrogens is 329 g/mol. The maximum Gasteiger partial charge on any atom is 0.161 e. The number of benzene rings is 1. The lowest BCUT2D eigenvalue weighted by atomic mass is 10.0. The lowest BCUT2D eigenvalue weighted by Gasteiger charge is -2.32. The van der Waals surface area contributed by atoms with Crippen LogP contribution < -0.4 is 14.8 Å². The van der Waals surface area contributed by atoms with Crippen LogP contribution in [-0.4, -0.2) is 19.3 Å². The summed E-state index contributed by atoms with van der Waals surface area (Å²) < 4.78 is 13.2. The van der Waals surface area contributed by atoms with Gasteiger partial charge in [0.05, 0.1) is 14.7 Å². The van der Waals surface area contributed by atoms with E-state index in [0.29, 0.717) is 15.3 Å². The number of likely N-dealkylation sites (N-methyl/N-ethyl adjacent to an activating group) is 1. The second-order valence-corrected chi connectivity index (χ2v) is 7.01. The Hall–Kier alpha value is -0.940. The van der Waals surface area contributed by atoms with Gasteiger partial charge in [0, 0.05) is 5.56 Å². The van der Waals surface area contributed by atoms with Crippen LogP contribution >= 0.6 is 34.5 Å². The monoisotopic (exact) mass is 343 g/mol. The van der Waals surface area contributed by atoms with Gasteiger partial charge in [-0.1, -0.05) is 42.3 Å². The second kappa shape index (κ2) is 6.44. The maximum atomic E-state index is 6.29. The van der Waals surface area contributed by atoms with Crippen LogP contribution in [0, 0.1) is 0 Å². The predicted molar refractivity (Wildman–Crippen MR) is 87.1 cm³/mol. The highest BCUT2D eigenvalue weighted by Gasteiger charge is 2.31. The normalized spacial score (nSPS) is 18.5. The van der Waals surface area contributed by atoms with Crippen LogP contribution in [0.2, 0.25) is 8.67 Å². The molecule has 6 heteroatoms. The molecule has 1 N–H and O–H groups in total. The number of ether oxygens (including phenoxy) is 2. The zero-order valence-corrected chi connectivity index (χ0v) is 13.8. The number of hydrogen-bond donors (Lipinski definition) is 1. The van der Waals surface area contributed by atoms with E-state index < -0.39 is 0 Å². The smallest absolute Gasteiger partial charge is 0.161 e. The third-order valence-electron chi connectivity index (χ3n) is 3.34. The molecule has 0 bridgehead atoms. The first-order valence-electron chi connectivity index (χ1n) is 6.75. The number of nitrogens with one attached hydrogen (secondary N) is 1. The Morgan fingerprint density at radius 2 is 2.10 bits per heavy atom. The minimum Gasteiger partial charge on any atom is -0.486 e. The highest BCUT2D eigenvalue weighted by molar-refractivity contribution is 7.20. The lowest BCUT2D eigenvalue weighted by Crippen LogP contribution is -2.41. The zero-order valence-electron chi connectivity index (χ0n) is 11.4. The van der Waals surface area contributed by atoms with E-state index in [1.54, 1.807) is 0 Å². The van der Waals surface area contributed by atoms with Gasteiger partial charge in [-0.15, -0.1) is 11.3 Å². The van der Waals surface area contributed by atoms with Gasteiger partial charge in [0.15, 0.2) is 17.6 Å².